The third-order valence-corrected chi connectivity index (χ3v) is 6.23. The van der Waals surface area contributed by atoms with Gasteiger partial charge < -0.3 is 9.47 Å². The quantitative estimate of drug-likeness (QED) is 0.617. The van der Waals surface area contributed by atoms with E-state index >= 15 is 4.39 Å². The minimum absolute atomic E-state index is 0.0321. The van der Waals surface area contributed by atoms with Crippen LogP contribution in [0.25, 0.3) is 0 Å². The number of hydrogen-bond donors (Lipinski definition) is 0. The number of carbonyl (C=O) groups excluding carboxylic acids is 1. The number of halogens is 1. The normalized spacial score (nSPS) is 22.2. The fourth-order valence-electron chi connectivity index (χ4n) is 4.53. The molecule has 5 heteroatoms. The van der Waals surface area contributed by atoms with E-state index in [-0.39, 0.29) is 11.7 Å². The average molecular weight is 402 g/mol. The van der Waals surface area contributed by atoms with E-state index in [0.29, 0.717) is 42.7 Å². The lowest BCUT2D eigenvalue weighted by Gasteiger charge is -2.37. The molecule has 29 heavy (non-hydrogen) atoms. The molecule has 158 valence electrons. The summed E-state index contributed by atoms with van der Waals surface area (Å²) in [5.74, 6) is 0.894. The molecule has 0 amide bonds. The molecule has 2 aliphatic rings. The van der Waals surface area contributed by atoms with E-state index in [0.717, 1.165) is 25.2 Å². The molecule has 0 spiro atoms. The maximum atomic E-state index is 15.6. The van der Waals surface area contributed by atoms with Crippen LogP contribution in [0.4, 0.5) is 4.39 Å². The van der Waals surface area contributed by atoms with Crippen molar-refractivity contribution in [3.63, 3.8) is 0 Å². The first-order chi connectivity index (χ1) is 13.9. The number of piperidine rings is 1. The Labute approximate surface area is 173 Å². The molecule has 0 saturated carbocycles. The van der Waals surface area contributed by atoms with Crippen LogP contribution in [0, 0.1) is 5.92 Å². The smallest absolute Gasteiger partial charge is 0.166 e. The summed E-state index contributed by atoms with van der Waals surface area (Å²) in [6.07, 6.45) is 8.08. The van der Waals surface area contributed by atoms with Crippen molar-refractivity contribution in [1.29, 1.82) is 0 Å². The van der Waals surface area contributed by atoms with E-state index in [9.17, 15) is 4.79 Å². The standard InChI is InChI=1S/C24H32FNO3/c1-5-7-17(6-2)16-26-10-8-24(25,9-11-26)15-19-12-18-13-21(28-3)22(29-4)14-20(18)23(19)27/h5-7,13-14,19H,8-12,15-16H2,1-4H3. The molecule has 1 unspecified atom stereocenters. The first kappa shape index (κ1) is 21.6. The minimum atomic E-state index is -1.27. The van der Waals surface area contributed by atoms with Gasteiger partial charge >= 0.3 is 0 Å². The van der Waals surface area contributed by atoms with Crippen molar-refractivity contribution in [2.45, 2.75) is 45.2 Å². The van der Waals surface area contributed by atoms with E-state index in [1.165, 1.54) is 5.57 Å². The van der Waals surface area contributed by atoms with Gasteiger partial charge in [0.2, 0.25) is 0 Å². The Balaban J connectivity index is 1.63. The van der Waals surface area contributed by atoms with Gasteiger partial charge in [-0.2, -0.15) is 0 Å². The number of rotatable bonds is 7. The van der Waals surface area contributed by atoms with Crippen molar-refractivity contribution in [3.05, 3.63) is 47.1 Å². The number of benzene rings is 1. The van der Waals surface area contributed by atoms with Crippen LogP contribution in [-0.4, -0.2) is 50.2 Å². The highest BCUT2D eigenvalue weighted by atomic mass is 19.1. The molecule has 1 aliphatic carbocycles. The van der Waals surface area contributed by atoms with Crippen molar-refractivity contribution in [2.75, 3.05) is 33.9 Å². The number of Topliss-reactive ketones (excluding diaryl/α,β-unsaturated/α-hetero) is 1. The van der Waals surface area contributed by atoms with E-state index in [4.69, 9.17) is 9.47 Å². The number of carbonyl (C=O) groups is 1. The van der Waals surface area contributed by atoms with Crippen molar-refractivity contribution in [3.8, 4) is 11.5 Å². The minimum Gasteiger partial charge on any atom is -0.493 e. The molecule has 3 rings (SSSR count). The Morgan fingerprint density at radius 2 is 1.86 bits per heavy atom. The maximum Gasteiger partial charge on any atom is 0.166 e. The van der Waals surface area contributed by atoms with Gasteiger partial charge in [0.1, 0.15) is 5.67 Å². The van der Waals surface area contributed by atoms with Gasteiger partial charge in [0.05, 0.1) is 14.2 Å². The molecule has 1 heterocycles. The fourth-order valence-corrected chi connectivity index (χ4v) is 4.53. The first-order valence-electron chi connectivity index (χ1n) is 10.4. The van der Waals surface area contributed by atoms with Crippen LogP contribution < -0.4 is 9.47 Å². The Hall–Kier alpha value is -2.14. The highest BCUT2D eigenvalue weighted by molar-refractivity contribution is 6.03. The second kappa shape index (κ2) is 9.12. The van der Waals surface area contributed by atoms with Crippen LogP contribution in [0.1, 0.15) is 49.0 Å². The molecule has 1 aliphatic heterocycles. The number of likely N-dealkylation sites (tertiary alicyclic amines) is 1. The number of allylic oxidation sites excluding steroid dienone is 2. The zero-order chi connectivity index (χ0) is 21.0. The number of ether oxygens (including phenoxy) is 2. The number of ketones is 1. The second-order valence-electron chi connectivity index (χ2n) is 8.12. The van der Waals surface area contributed by atoms with Crippen LogP contribution in [-0.2, 0) is 6.42 Å². The third kappa shape index (κ3) is 4.72. The molecule has 0 N–H and O–H groups in total. The van der Waals surface area contributed by atoms with Crippen LogP contribution in [0.3, 0.4) is 0 Å². The van der Waals surface area contributed by atoms with Crippen LogP contribution in [0.5, 0.6) is 11.5 Å². The zero-order valence-corrected chi connectivity index (χ0v) is 18.0. The summed E-state index contributed by atoms with van der Waals surface area (Å²) in [6.45, 7) is 6.34. The van der Waals surface area contributed by atoms with Crippen molar-refractivity contribution in [2.24, 2.45) is 5.92 Å². The maximum absolute atomic E-state index is 15.6. The Morgan fingerprint density at radius 3 is 2.45 bits per heavy atom. The van der Waals surface area contributed by atoms with Gasteiger partial charge in [-0.15, -0.1) is 0 Å². The Kier molecular flexibility index (Phi) is 6.78. The van der Waals surface area contributed by atoms with Crippen LogP contribution in [0.15, 0.2) is 35.9 Å². The summed E-state index contributed by atoms with van der Waals surface area (Å²) < 4.78 is 26.3. The van der Waals surface area contributed by atoms with Gasteiger partial charge in [-0.25, -0.2) is 4.39 Å². The molecule has 1 saturated heterocycles. The van der Waals surface area contributed by atoms with Crippen molar-refractivity contribution in [1.82, 2.24) is 4.90 Å². The van der Waals surface area contributed by atoms with Crippen LogP contribution >= 0.6 is 0 Å². The van der Waals surface area contributed by atoms with E-state index in [1.807, 2.05) is 26.0 Å². The number of hydrogen-bond acceptors (Lipinski definition) is 4. The fraction of sp³-hybridized carbons (Fsp3) is 0.542. The summed E-state index contributed by atoms with van der Waals surface area (Å²) in [4.78, 5) is 15.2. The molecule has 1 aromatic rings. The van der Waals surface area contributed by atoms with Crippen molar-refractivity contribution >= 4 is 5.78 Å². The van der Waals surface area contributed by atoms with Gasteiger partial charge in [0.15, 0.2) is 17.3 Å². The number of alkyl halides is 1. The molecule has 4 nitrogen and oxygen atoms in total. The summed E-state index contributed by atoms with van der Waals surface area (Å²) in [7, 11) is 3.14. The highest BCUT2D eigenvalue weighted by Gasteiger charge is 2.41. The lowest BCUT2D eigenvalue weighted by molar-refractivity contribution is 0.0391. The lowest BCUT2D eigenvalue weighted by Crippen LogP contribution is -2.43. The predicted molar refractivity (Wildman–Crippen MR) is 114 cm³/mol. The topological polar surface area (TPSA) is 38.8 Å². The number of fused-ring (bicyclic) bond motifs is 1. The predicted octanol–water partition coefficient (Wildman–Crippen LogP) is 4.78. The largest absolute Gasteiger partial charge is 0.493 e. The highest BCUT2D eigenvalue weighted by Crippen LogP contribution is 2.41. The SMILES string of the molecule is CC=CC(=CC)CN1CCC(F)(CC2Cc3cc(OC)c(OC)cc3C2=O)CC1. The van der Waals surface area contributed by atoms with Gasteiger partial charge in [-0.05, 0) is 62.8 Å². The first-order valence-corrected chi connectivity index (χ1v) is 10.4. The molecular weight excluding hydrogens is 369 g/mol. The Morgan fingerprint density at radius 1 is 1.21 bits per heavy atom. The molecule has 1 fully saturated rings. The third-order valence-electron chi connectivity index (χ3n) is 6.23. The lowest BCUT2D eigenvalue weighted by atomic mass is 9.82. The van der Waals surface area contributed by atoms with Crippen molar-refractivity contribution < 1.29 is 18.7 Å². The van der Waals surface area contributed by atoms with Gasteiger partial charge in [0, 0.05) is 31.1 Å². The van der Waals surface area contributed by atoms with Gasteiger partial charge in [-0.1, -0.05) is 18.2 Å². The van der Waals surface area contributed by atoms with E-state index in [2.05, 4.69) is 17.1 Å². The summed E-state index contributed by atoms with van der Waals surface area (Å²) in [5.41, 5.74) is 1.56. The molecule has 0 radical (unpaired) electrons. The molecule has 1 atom stereocenters. The van der Waals surface area contributed by atoms with E-state index in [1.54, 1.807) is 20.3 Å². The second-order valence-corrected chi connectivity index (χ2v) is 8.12. The number of nitrogens with zero attached hydrogens (tertiary/aromatic N) is 1. The van der Waals surface area contributed by atoms with Crippen LogP contribution in [0.2, 0.25) is 0 Å². The molecule has 1 aromatic carbocycles. The molecular formula is C24H32FNO3. The summed E-state index contributed by atoms with van der Waals surface area (Å²) in [5, 5.41) is 0. The number of methoxy groups -OCH3 is 2. The molecule has 0 bridgehead atoms. The molecule has 0 aromatic heterocycles. The monoisotopic (exact) mass is 401 g/mol. The van der Waals surface area contributed by atoms with E-state index < -0.39 is 5.67 Å². The average Bonchev–Trinajstić information content (AvgIpc) is 3.02. The Bertz CT molecular complexity index is 807. The summed E-state index contributed by atoms with van der Waals surface area (Å²) in [6, 6.07) is 3.60. The zero-order valence-electron chi connectivity index (χ0n) is 18.0. The van der Waals surface area contributed by atoms with Gasteiger partial charge in [0.25, 0.3) is 0 Å². The summed E-state index contributed by atoms with van der Waals surface area (Å²) >= 11 is 0. The van der Waals surface area contributed by atoms with Gasteiger partial charge in [-0.3, -0.25) is 9.69 Å².